The topological polar surface area (TPSA) is 0 Å². The molecule has 4 rings (SSSR count). The summed E-state index contributed by atoms with van der Waals surface area (Å²) in [6.07, 6.45) is 9.48. The van der Waals surface area contributed by atoms with Crippen LogP contribution >= 0.6 is 0 Å². The van der Waals surface area contributed by atoms with Crippen LogP contribution in [0.5, 0.6) is 0 Å². The smallest absolute Gasteiger partial charge is 0.0318 e. The zero-order chi connectivity index (χ0) is 7.47. The van der Waals surface area contributed by atoms with Crippen LogP contribution < -0.4 is 0 Å². The zero-order valence-electron chi connectivity index (χ0n) is 7.47. The molecule has 4 aliphatic carbocycles. The largest absolute Gasteiger partial charge is 0.0596 e. The first-order chi connectivity index (χ1) is 5.23. The first-order valence-electron chi connectivity index (χ1n) is 5.23. The molecule has 0 unspecified atom stereocenters. The Balaban J connectivity index is 1.94. The fraction of sp³-hybridized carbons (Fsp3) is 1.00. The Labute approximate surface area is 69.4 Å². The van der Waals surface area contributed by atoms with Crippen molar-refractivity contribution >= 4 is 0 Å². The third-order valence-corrected chi connectivity index (χ3v) is 4.34. The predicted octanol–water partition coefficient (Wildman–Crippen LogP) is 3.22. The van der Waals surface area contributed by atoms with Gasteiger partial charge in [0.25, 0.3) is 0 Å². The molecule has 0 heterocycles. The highest BCUT2D eigenvalue weighted by Gasteiger charge is 2.48. The summed E-state index contributed by atoms with van der Waals surface area (Å²) in [5.41, 5.74) is 0.800. The van der Waals surface area contributed by atoms with Crippen molar-refractivity contribution in [1.82, 2.24) is 0 Å². The third-order valence-electron chi connectivity index (χ3n) is 4.34. The normalized spacial score (nSPS) is 60.3. The SMILES string of the molecule is [13CH3]C12CC3CC(CC(C3)C1)C2. The molecule has 4 bridgehead atoms. The van der Waals surface area contributed by atoms with E-state index < -0.39 is 0 Å². The second-order valence-electron chi connectivity index (χ2n) is 5.73. The fourth-order valence-electron chi connectivity index (χ4n) is 4.54. The minimum absolute atomic E-state index is 0.800. The van der Waals surface area contributed by atoms with E-state index in [1.165, 1.54) is 0 Å². The molecule has 0 atom stereocenters. The van der Waals surface area contributed by atoms with E-state index in [2.05, 4.69) is 6.92 Å². The van der Waals surface area contributed by atoms with Crippen LogP contribution in [0.2, 0.25) is 0 Å². The van der Waals surface area contributed by atoms with Gasteiger partial charge in [-0.1, -0.05) is 6.92 Å². The highest BCUT2D eigenvalue weighted by Crippen LogP contribution is 2.59. The standard InChI is InChI=1S/C11H18/c1-11-5-8-2-9(6-11)4-10(3-8)7-11/h8-10H,2-7H2,1H3/i1+1. The minimum atomic E-state index is 0.800. The molecule has 11 heavy (non-hydrogen) atoms. The van der Waals surface area contributed by atoms with Gasteiger partial charge in [0.1, 0.15) is 0 Å². The molecule has 0 aromatic heterocycles. The zero-order valence-corrected chi connectivity index (χ0v) is 7.47. The van der Waals surface area contributed by atoms with Crippen molar-refractivity contribution in [2.75, 3.05) is 0 Å². The van der Waals surface area contributed by atoms with E-state index in [1.807, 2.05) is 0 Å². The van der Waals surface area contributed by atoms with Crippen LogP contribution in [0.15, 0.2) is 0 Å². The Morgan fingerprint density at radius 3 is 1.45 bits per heavy atom. The molecule has 0 N–H and O–H groups in total. The molecule has 0 heteroatoms. The molecule has 4 aliphatic rings. The molecule has 0 aromatic carbocycles. The molecule has 0 aromatic rings. The first-order valence-corrected chi connectivity index (χ1v) is 5.23. The van der Waals surface area contributed by atoms with Crippen molar-refractivity contribution in [3.63, 3.8) is 0 Å². The monoisotopic (exact) mass is 151 g/mol. The lowest BCUT2D eigenvalue weighted by Gasteiger charge is -2.55. The van der Waals surface area contributed by atoms with Crippen molar-refractivity contribution in [3.05, 3.63) is 0 Å². The number of rotatable bonds is 0. The van der Waals surface area contributed by atoms with E-state index in [1.54, 1.807) is 38.5 Å². The van der Waals surface area contributed by atoms with Crippen LogP contribution in [-0.2, 0) is 0 Å². The van der Waals surface area contributed by atoms with Crippen LogP contribution in [0.1, 0.15) is 45.4 Å². The molecule has 0 radical (unpaired) electrons. The Morgan fingerprint density at radius 2 is 1.18 bits per heavy atom. The van der Waals surface area contributed by atoms with Crippen molar-refractivity contribution in [2.45, 2.75) is 45.4 Å². The Morgan fingerprint density at radius 1 is 0.818 bits per heavy atom. The van der Waals surface area contributed by atoms with Gasteiger partial charge in [0.05, 0.1) is 0 Å². The predicted molar refractivity (Wildman–Crippen MR) is 46.3 cm³/mol. The van der Waals surface area contributed by atoms with Crippen LogP contribution in [0.3, 0.4) is 0 Å². The van der Waals surface area contributed by atoms with Gasteiger partial charge in [-0.25, -0.2) is 0 Å². The maximum Gasteiger partial charge on any atom is -0.0318 e. The van der Waals surface area contributed by atoms with Gasteiger partial charge in [0.2, 0.25) is 0 Å². The van der Waals surface area contributed by atoms with Crippen LogP contribution in [-0.4, -0.2) is 0 Å². The molecular weight excluding hydrogens is 133 g/mol. The van der Waals surface area contributed by atoms with Crippen LogP contribution in [0.4, 0.5) is 0 Å². The van der Waals surface area contributed by atoms with E-state index >= 15 is 0 Å². The summed E-state index contributed by atoms with van der Waals surface area (Å²) in [5.74, 6) is 3.43. The summed E-state index contributed by atoms with van der Waals surface area (Å²) in [6.45, 7) is 2.54. The first kappa shape index (κ1) is 6.51. The summed E-state index contributed by atoms with van der Waals surface area (Å²) in [5, 5.41) is 0. The Hall–Kier alpha value is 0. The van der Waals surface area contributed by atoms with E-state index in [9.17, 15) is 0 Å². The molecular formula is C11H18. The second kappa shape index (κ2) is 1.84. The average Bonchev–Trinajstić information content (AvgIpc) is 1.79. The Kier molecular flexibility index (Phi) is 1.09. The van der Waals surface area contributed by atoms with E-state index in [4.69, 9.17) is 0 Å². The maximum atomic E-state index is 2.54. The number of hydrogen-bond acceptors (Lipinski definition) is 0. The van der Waals surface area contributed by atoms with Gasteiger partial charge in [-0.15, -0.1) is 0 Å². The second-order valence-corrected chi connectivity index (χ2v) is 5.73. The summed E-state index contributed by atoms with van der Waals surface area (Å²) in [7, 11) is 0. The van der Waals surface area contributed by atoms with Crippen molar-refractivity contribution < 1.29 is 0 Å². The highest BCUT2D eigenvalue weighted by atomic mass is 14.6. The van der Waals surface area contributed by atoms with Gasteiger partial charge in [-0.2, -0.15) is 0 Å². The van der Waals surface area contributed by atoms with Crippen molar-refractivity contribution in [3.8, 4) is 0 Å². The van der Waals surface area contributed by atoms with Gasteiger partial charge < -0.3 is 0 Å². The van der Waals surface area contributed by atoms with Gasteiger partial charge in [-0.05, 0) is 61.7 Å². The van der Waals surface area contributed by atoms with E-state index in [0.29, 0.717) is 0 Å². The third kappa shape index (κ3) is 0.878. The van der Waals surface area contributed by atoms with Gasteiger partial charge in [0, 0.05) is 0 Å². The van der Waals surface area contributed by atoms with Gasteiger partial charge >= 0.3 is 0 Å². The average molecular weight is 151 g/mol. The van der Waals surface area contributed by atoms with Crippen molar-refractivity contribution in [2.24, 2.45) is 23.2 Å². The molecule has 4 fully saturated rings. The van der Waals surface area contributed by atoms with Gasteiger partial charge in [0.15, 0.2) is 0 Å². The molecule has 0 saturated heterocycles. The lowest BCUT2D eigenvalue weighted by molar-refractivity contribution is -0.0411. The molecule has 62 valence electrons. The fourth-order valence-corrected chi connectivity index (χ4v) is 4.54. The molecule has 0 nitrogen and oxygen atoms in total. The van der Waals surface area contributed by atoms with Crippen molar-refractivity contribution in [1.29, 1.82) is 0 Å². The van der Waals surface area contributed by atoms with E-state index in [-0.39, 0.29) is 0 Å². The molecule has 0 aliphatic heterocycles. The summed E-state index contributed by atoms with van der Waals surface area (Å²) in [6, 6.07) is 0. The maximum absolute atomic E-state index is 2.54. The number of hydrogen-bond donors (Lipinski definition) is 0. The summed E-state index contributed by atoms with van der Waals surface area (Å²) < 4.78 is 0. The summed E-state index contributed by atoms with van der Waals surface area (Å²) >= 11 is 0. The molecule has 4 saturated carbocycles. The highest BCUT2D eigenvalue weighted by molar-refractivity contribution is 4.99. The lowest BCUT2D eigenvalue weighted by Crippen LogP contribution is -2.44. The van der Waals surface area contributed by atoms with Gasteiger partial charge in [-0.3, -0.25) is 0 Å². The van der Waals surface area contributed by atoms with Crippen LogP contribution in [0.25, 0.3) is 0 Å². The van der Waals surface area contributed by atoms with E-state index in [0.717, 1.165) is 23.2 Å². The minimum Gasteiger partial charge on any atom is -0.0596 e. The lowest BCUT2D eigenvalue weighted by atomic mass is 9.52. The van der Waals surface area contributed by atoms with Crippen LogP contribution in [0, 0.1) is 23.2 Å². The Bertz CT molecular complexity index is 145. The summed E-state index contributed by atoms with van der Waals surface area (Å²) in [4.78, 5) is 0. The quantitative estimate of drug-likeness (QED) is 0.466. The molecule has 0 spiro atoms. The molecule has 0 amide bonds.